The molecule has 1 N–H and O–H groups in total. The summed E-state index contributed by atoms with van der Waals surface area (Å²) in [5.41, 5.74) is 0. The molecule has 3 nitrogen and oxygen atoms in total. The molecule has 1 aliphatic heterocycles. The van der Waals surface area contributed by atoms with Crippen molar-refractivity contribution in [2.24, 2.45) is 16.8 Å². The minimum atomic E-state index is 0. The van der Waals surface area contributed by atoms with Crippen LogP contribution in [0.4, 0.5) is 0 Å². The summed E-state index contributed by atoms with van der Waals surface area (Å²) in [6, 6.07) is 0. The Hall–Kier alpha value is 0.350. The maximum absolute atomic E-state index is 4.91. The lowest BCUT2D eigenvalue weighted by Crippen LogP contribution is -2.41. The van der Waals surface area contributed by atoms with E-state index >= 15 is 0 Å². The van der Waals surface area contributed by atoms with E-state index in [9.17, 15) is 0 Å². The fourth-order valence-electron chi connectivity index (χ4n) is 3.33. The molecule has 0 amide bonds. The van der Waals surface area contributed by atoms with Gasteiger partial charge in [-0.05, 0) is 51.7 Å². The Morgan fingerprint density at radius 3 is 2.29 bits per heavy atom. The molecule has 2 rings (SSSR count). The number of likely N-dealkylation sites (tertiary alicyclic amines) is 1. The van der Waals surface area contributed by atoms with Crippen LogP contribution in [0.5, 0.6) is 0 Å². The summed E-state index contributed by atoms with van der Waals surface area (Å²) < 4.78 is 0.229. The smallest absolute Gasteiger partial charge is 0.193 e. The number of guanidine groups is 1. The zero-order valence-electron chi connectivity index (χ0n) is 14.0. The summed E-state index contributed by atoms with van der Waals surface area (Å²) in [5, 5.41) is 3.50. The third-order valence-electron chi connectivity index (χ3n) is 4.77. The molecule has 1 aliphatic carbocycles. The van der Waals surface area contributed by atoms with E-state index in [1.807, 2.05) is 11.8 Å². The molecular weight excluding hydrogens is 393 g/mol. The predicted octanol–water partition coefficient (Wildman–Crippen LogP) is 3.83. The molecule has 0 aromatic carbocycles. The SMILES string of the molecule is CCNC(=NCC(C)(C)SC)N1CC2CCCCC2C1.I. The van der Waals surface area contributed by atoms with Crippen molar-refractivity contribution in [1.29, 1.82) is 0 Å². The third kappa shape index (κ3) is 5.48. The minimum absolute atomic E-state index is 0. The Kier molecular flexibility index (Phi) is 8.17. The highest BCUT2D eigenvalue weighted by Gasteiger charge is 2.35. The van der Waals surface area contributed by atoms with Crippen LogP contribution < -0.4 is 5.32 Å². The second kappa shape index (κ2) is 8.85. The van der Waals surface area contributed by atoms with Crippen molar-refractivity contribution in [3.8, 4) is 0 Å². The van der Waals surface area contributed by atoms with Gasteiger partial charge in [0, 0.05) is 24.4 Å². The Labute approximate surface area is 152 Å². The van der Waals surface area contributed by atoms with Crippen molar-refractivity contribution in [3.63, 3.8) is 0 Å². The topological polar surface area (TPSA) is 27.6 Å². The predicted molar refractivity (Wildman–Crippen MR) is 106 cm³/mol. The number of nitrogens with zero attached hydrogens (tertiary/aromatic N) is 2. The zero-order valence-corrected chi connectivity index (χ0v) is 17.2. The van der Waals surface area contributed by atoms with Gasteiger partial charge in [-0.25, -0.2) is 0 Å². The van der Waals surface area contributed by atoms with Gasteiger partial charge in [-0.1, -0.05) is 12.8 Å². The molecule has 21 heavy (non-hydrogen) atoms. The van der Waals surface area contributed by atoms with Gasteiger partial charge in [0.15, 0.2) is 5.96 Å². The lowest BCUT2D eigenvalue weighted by atomic mass is 9.82. The number of fused-ring (bicyclic) bond motifs is 1. The van der Waals surface area contributed by atoms with Gasteiger partial charge in [-0.15, -0.1) is 24.0 Å². The first-order valence-electron chi connectivity index (χ1n) is 8.14. The van der Waals surface area contributed by atoms with E-state index in [0.29, 0.717) is 0 Å². The summed E-state index contributed by atoms with van der Waals surface area (Å²) >= 11 is 1.90. The molecule has 2 atom stereocenters. The lowest BCUT2D eigenvalue weighted by Gasteiger charge is -2.24. The van der Waals surface area contributed by atoms with Gasteiger partial charge in [-0.3, -0.25) is 4.99 Å². The molecule has 5 heteroatoms. The van der Waals surface area contributed by atoms with Gasteiger partial charge in [0.2, 0.25) is 0 Å². The molecule has 124 valence electrons. The fraction of sp³-hybridized carbons (Fsp3) is 0.938. The van der Waals surface area contributed by atoms with Crippen LogP contribution in [-0.4, -0.2) is 48.0 Å². The molecule has 0 bridgehead atoms. The summed E-state index contributed by atoms with van der Waals surface area (Å²) in [6.45, 7) is 11.0. The number of thioether (sulfide) groups is 1. The first kappa shape index (κ1) is 19.4. The van der Waals surface area contributed by atoms with Crippen LogP contribution in [0.3, 0.4) is 0 Å². The highest BCUT2D eigenvalue weighted by atomic mass is 127. The molecule has 0 aromatic rings. The number of nitrogens with one attached hydrogen (secondary N) is 1. The number of aliphatic imine (C=N–C) groups is 1. The summed E-state index contributed by atoms with van der Waals surface area (Å²) in [6.07, 6.45) is 7.89. The Morgan fingerprint density at radius 1 is 1.24 bits per heavy atom. The molecule has 0 radical (unpaired) electrons. The summed E-state index contributed by atoms with van der Waals surface area (Å²) in [4.78, 5) is 7.42. The van der Waals surface area contributed by atoms with E-state index in [-0.39, 0.29) is 28.7 Å². The van der Waals surface area contributed by atoms with Crippen molar-refractivity contribution in [2.75, 3.05) is 32.4 Å². The van der Waals surface area contributed by atoms with Crippen molar-refractivity contribution in [1.82, 2.24) is 10.2 Å². The summed E-state index contributed by atoms with van der Waals surface area (Å²) in [7, 11) is 0. The molecule has 0 aromatic heterocycles. The van der Waals surface area contributed by atoms with Crippen LogP contribution in [0.15, 0.2) is 4.99 Å². The standard InChI is InChI=1S/C16H31N3S.HI/c1-5-17-15(18-12-16(2,3)20-4)19-10-13-8-6-7-9-14(13)11-19;/h13-14H,5-12H2,1-4H3,(H,17,18);1H. The van der Waals surface area contributed by atoms with Crippen LogP contribution in [0.25, 0.3) is 0 Å². The van der Waals surface area contributed by atoms with Gasteiger partial charge >= 0.3 is 0 Å². The minimum Gasteiger partial charge on any atom is -0.357 e. The van der Waals surface area contributed by atoms with Crippen molar-refractivity contribution < 1.29 is 0 Å². The van der Waals surface area contributed by atoms with Crippen molar-refractivity contribution in [2.45, 2.75) is 51.2 Å². The van der Waals surface area contributed by atoms with Crippen LogP contribution in [0.1, 0.15) is 46.5 Å². The molecule has 1 saturated heterocycles. The molecule has 2 unspecified atom stereocenters. The molecule has 2 fully saturated rings. The average Bonchev–Trinajstić information content (AvgIpc) is 2.87. The lowest BCUT2D eigenvalue weighted by molar-refractivity contribution is 0.299. The van der Waals surface area contributed by atoms with Gasteiger partial charge < -0.3 is 10.2 Å². The highest BCUT2D eigenvalue weighted by Crippen LogP contribution is 2.36. The fourth-order valence-corrected chi connectivity index (χ4v) is 3.53. The van der Waals surface area contributed by atoms with Crippen LogP contribution in [0.2, 0.25) is 0 Å². The second-order valence-electron chi connectivity index (χ2n) is 6.84. The number of rotatable bonds is 4. The third-order valence-corrected chi connectivity index (χ3v) is 6.01. The normalized spacial score (nSPS) is 26.3. The first-order valence-corrected chi connectivity index (χ1v) is 9.36. The maximum atomic E-state index is 4.91. The molecule has 2 aliphatic rings. The molecular formula is C16H32IN3S. The van der Waals surface area contributed by atoms with E-state index in [1.165, 1.54) is 38.8 Å². The monoisotopic (exact) mass is 425 g/mol. The molecule has 1 saturated carbocycles. The first-order chi connectivity index (χ1) is 9.55. The van der Waals surface area contributed by atoms with Gasteiger partial charge in [-0.2, -0.15) is 11.8 Å². The van der Waals surface area contributed by atoms with Gasteiger partial charge in [0.25, 0.3) is 0 Å². The maximum Gasteiger partial charge on any atom is 0.193 e. The number of halogens is 1. The zero-order chi connectivity index (χ0) is 14.6. The van der Waals surface area contributed by atoms with Crippen LogP contribution >= 0.6 is 35.7 Å². The molecule has 1 heterocycles. The Balaban J connectivity index is 0.00000220. The second-order valence-corrected chi connectivity index (χ2v) is 8.36. The van der Waals surface area contributed by atoms with E-state index in [1.54, 1.807) is 0 Å². The van der Waals surface area contributed by atoms with Crippen LogP contribution in [0, 0.1) is 11.8 Å². The Bertz CT molecular complexity index is 332. The van der Waals surface area contributed by atoms with E-state index < -0.39 is 0 Å². The molecule has 0 spiro atoms. The number of hydrogen-bond donors (Lipinski definition) is 1. The average molecular weight is 425 g/mol. The highest BCUT2D eigenvalue weighted by molar-refractivity contribution is 14.0. The van der Waals surface area contributed by atoms with Crippen molar-refractivity contribution in [3.05, 3.63) is 0 Å². The Morgan fingerprint density at radius 2 is 1.81 bits per heavy atom. The number of hydrogen-bond acceptors (Lipinski definition) is 2. The van der Waals surface area contributed by atoms with Gasteiger partial charge in [0.05, 0.1) is 6.54 Å². The van der Waals surface area contributed by atoms with E-state index in [0.717, 1.165) is 30.9 Å². The largest absolute Gasteiger partial charge is 0.357 e. The van der Waals surface area contributed by atoms with Crippen LogP contribution in [-0.2, 0) is 0 Å². The van der Waals surface area contributed by atoms with Crippen molar-refractivity contribution >= 4 is 41.7 Å². The van der Waals surface area contributed by atoms with Gasteiger partial charge in [0.1, 0.15) is 0 Å². The van der Waals surface area contributed by atoms with E-state index in [4.69, 9.17) is 4.99 Å². The van der Waals surface area contributed by atoms with E-state index in [2.05, 4.69) is 37.2 Å². The summed E-state index contributed by atoms with van der Waals surface area (Å²) in [5.74, 6) is 2.98. The quantitative estimate of drug-likeness (QED) is 0.422.